The lowest BCUT2D eigenvalue weighted by atomic mass is 10.1. The summed E-state index contributed by atoms with van der Waals surface area (Å²) in [5, 5.41) is 20.3. The maximum atomic E-state index is 12.8. The van der Waals surface area contributed by atoms with Crippen molar-refractivity contribution >= 4 is 11.6 Å². The van der Waals surface area contributed by atoms with Crippen LogP contribution in [0.2, 0.25) is 0 Å². The van der Waals surface area contributed by atoms with E-state index in [0.29, 0.717) is 6.42 Å². The second-order valence-electron chi connectivity index (χ2n) is 3.74. The van der Waals surface area contributed by atoms with Gasteiger partial charge in [0.1, 0.15) is 11.9 Å². The van der Waals surface area contributed by atoms with Crippen molar-refractivity contribution in [3.05, 3.63) is 29.6 Å². The average molecular weight is 236 g/mol. The van der Waals surface area contributed by atoms with Gasteiger partial charge in [-0.15, -0.1) is 0 Å². The summed E-state index contributed by atoms with van der Waals surface area (Å²) in [5.74, 6) is -0.836. The molecule has 0 spiro atoms. The Morgan fingerprint density at radius 1 is 1.65 bits per heavy atom. The second kappa shape index (κ2) is 5.97. The minimum absolute atomic E-state index is 0.0791. The summed E-state index contributed by atoms with van der Waals surface area (Å²) in [4.78, 5) is 11.4. The molecule has 0 aliphatic rings. The maximum Gasteiger partial charge on any atom is 0.224 e. The number of nitriles is 1. The molecular formula is C12H13FN2O2. The van der Waals surface area contributed by atoms with Gasteiger partial charge < -0.3 is 10.4 Å². The first-order valence-electron chi connectivity index (χ1n) is 5.20. The van der Waals surface area contributed by atoms with Crippen LogP contribution in [-0.4, -0.2) is 17.1 Å². The van der Waals surface area contributed by atoms with Gasteiger partial charge in [0.25, 0.3) is 0 Å². The molecule has 4 nitrogen and oxygen atoms in total. The summed E-state index contributed by atoms with van der Waals surface area (Å²) in [7, 11) is 0. The standard InChI is InChI=1S/C12H13FN2O2/c1-8(16)2-5-12(17)15-11-4-3-10(13)6-9(11)7-14/h3-4,6,8,16H,2,5H2,1H3,(H,15,17). The molecule has 0 heterocycles. The van der Waals surface area contributed by atoms with Gasteiger partial charge in [0.2, 0.25) is 5.91 Å². The van der Waals surface area contributed by atoms with Gasteiger partial charge in [0, 0.05) is 6.42 Å². The minimum atomic E-state index is -0.551. The highest BCUT2D eigenvalue weighted by molar-refractivity contribution is 5.92. The van der Waals surface area contributed by atoms with E-state index < -0.39 is 11.9 Å². The lowest BCUT2D eigenvalue weighted by Crippen LogP contribution is -2.14. The lowest BCUT2D eigenvalue weighted by molar-refractivity contribution is -0.116. The van der Waals surface area contributed by atoms with Crippen molar-refractivity contribution < 1.29 is 14.3 Å². The van der Waals surface area contributed by atoms with Crippen LogP contribution in [0, 0.1) is 17.1 Å². The number of hydrogen-bond donors (Lipinski definition) is 2. The van der Waals surface area contributed by atoms with Gasteiger partial charge in [-0.05, 0) is 31.5 Å². The number of rotatable bonds is 4. The third-order valence-electron chi connectivity index (χ3n) is 2.17. The Kier molecular flexibility index (Phi) is 4.61. The van der Waals surface area contributed by atoms with E-state index in [9.17, 15) is 9.18 Å². The topological polar surface area (TPSA) is 73.1 Å². The number of anilines is 1. The molecule has 0 aliphatic carbocycles. The monoisotopic (exact) mass is 236 g/mol. The van der Waals surface area contributed by atoms with E-state index in [1.165, 1.54) is 12.1 Å². The summed E-state index contributed by atoms with van der Waals surface area (Å²) >= 11 is 0. The number of aliphatic hydroxyl groups is 1. The van der Waals surface area contributed by atoms with Crippen molar-refractivity contribution in [2.45, 2.75) is 25.9 Å². The number of aliphatic hydroxyl groups excluding tert-OH is 1. The summed E-state index contributed by atoms with van der Waals surface area (Å²) in [6.07, 6.45) is -0.0566. The number of hydrogen-bond acceptors (Lipinski definition) is 3. The smallest absolute Gasteiger partial charge is 0.224 e. The number of halogens is 1. The first kappa shape index (κ1) is 13.1. The number of benzene rings is 1. The van der Waals surface area contributed by atoms with Gasteiger partial charge >= 0.3 is 0 Å². The molecule has 90 valence electrons. The first-order valence-corrected chi connectivity index (χ1v) is 5.20. The van der Waals surface area contributed by atoms with Gasteiger partial charge in [0.05, 0.1) is 17.4 Å². The Balaban J connectivity index is 2.69. The Labute approximate surface area is 98.7 Å². The third-order valence-corrected chi connectivity index (χ3v) is 2.17. The van der Waals surface area contributed by atoms with Crippen molar-refractivity contribution in [3.8, 4) is 6.07 Å². The van der Waals surface area contributed by atoms with E-state index in [0.717, 1.165) is 6.07 Å². The Hall–Kier alpha value is -1.93. The Morgan fingerprint density at radius 3 is 2.94 bits per heavy atom. The molecular weight excluding hydrogens is 223 g/mol. The molecule has 0 saturated heterocycles. The van der Waals surface area contributed by atoms with Gasteiger partial charge in [0.15, 0.2) is 0 Å². The van der Waals surface area contributed by atoms with E-state index in [4.69, 9.17) is 10.4 Å². The first-order chi connectivity index (χ1) is 8.02. The van der Waals surface area contributed by atoms with Gasteiger partial charge in [-0.2, -0.15) is 5.26 Å². The Bertz CT molecular complexity index is 452. The van der Waals surface area contributed by atoms with E-state index in [2.05, 4.69) is 5.32 Å². The zero-order chi connectivity index (χ0) is 12.8. The molecule has 0 aromatic heterocycles. The average Bonchev–Trinajstić information content (AvgIpc) is 2.28. The number of amides is 1. The predicted octanol–water partition coefficient (Wildman–Crippen LogP) is 1.80. The molecule has 1 aromatic rings. The van der Waals surface area contributed by atoms with E-state index in [1.807, 2.05) is 0 Å². The van der Waals surface area contributed by atoms with Crippen LogP contribution in [0.25, 0.3) is 0 Å². The van der Waals surface area contributed by atoms with Crippen LogP contribution in [0.3, 0.4) is 0 Å². The van der Waals surface area contributed by atoms with E-state index >= 15 is 0 Å². The van der Waals surface area contributed by atoms with Gasteiger partial charge in [-0.25, -0.2) is 4.39 Å². The molecule has 0 bridgehead atoms. The van der Waals surface area contributed by atoms with Crippen LogP contribution >= 0.6 is 0 Å². The molecule has 0 radical (unpaired) electrons. The summed E-state index contributed by atoms with van der Waals surface area (Å²) in [5.41, 5.74) is 0.361. The Morgan fingerprint density at radius 2 is 2.35 bits per heavy atom. The second-order valence-corrected chi connectivity index (χ2v) is 3.74. The third kappa shape index (κ3) is 4.21. The fraction of sp³-hybridized carbons (Fsp3) is 0.333. The van der Waals surface area contributed by atoms with Gasteiger partial charge in [-0.1, -0.05) is 0 Å². The van der Waals surface area contributed by atoms with Crippen molar-refractivity contribution in [1.82, 2.24) is 0 Å². The SMILES string of the molecule is CC(O)CCC(=O)Nc1ccc(F)cc1C#N. The normalized spacial score (nSPS) is 11.6. The van der Waals surface area contributed by atoms with E-state index in [1.54, 1.807) is 13.0 Å². The number of nitrogens with one attached hydrogen (secondary N) is 1. The minimum Gasteiger partial charge on any atom is -0.393 e. The molecule has 1 amide bonds. The van der Waals surface area contributed by atoms with Crippen LogP contribution in [0.5, 0.6) is 0 Å². The fourth-order valence-corrected chi connectivity index (χ4v) is 1.27. The summed E-state index contributed by atoms with van der Waals surface area (Å²) < 4.78 is 12.8. The molecule has 2 N–H and O–H groups in total. The summed E-state index contributed by atoms with van der Waals surface area (Å²) in [6, 6.07) is 5.38. The highest BCUT2D eigenvalue weighted by Crippen LogP contribution is 2.16. The largest absolute Gasteiger partial charge is 0.393 e. The van der Waals surface area contributed by atoms with Crippen molar-refractivity contribution in [1.29, 1.82) is 5.26 Å². The molecule has 1 atom stereocenters. The number of carbonyl (C=O) groups is 1. The fourth-order valence-electron chi connectivity index (χ4n) is 1.27. The van der Waals surface area contributed by atoms with Crippen LogP contribution in [0.1, 0.15) is 25.3 Å². The van der Waals surface area contributed by atoms with Crippen molar-refractivity contribution in [3.63, 3.8) is 0 Å². The number of nitrogens with zero attached hydrogens (tertiary/aromatic N) is 1. The molecule has 1 aromatic carbocycles. The highest BCUT2D eigenvalue weighted by Gasteiger charge is 2.08. The molecule has 1 rings (SSSR count). The van der Waals surface area contributed by atoms with Crippen molar-refractivity contribution in [2.24, 2.45) is 0 Å². The zero-order valence-corrected chi connectivity index (χ0v) is 9.40. The molecule has 0 saturated carbocycles. The number of carbonyl (C=O) groups excluding carboxylic acids is 1. The van der Waals surface area contributed by atoms with Crippen LogP contribution in [0.15, 0.2) is 18.2 Å². The maximum absolute atomic E-state index is 12.8. The van der Waals surface area contributed by atoms with Crippen molar-refractivity contribution in [2.75, 3.05) is 5.32 Å². The van der Waals surface area contributed by atoms with Crippen LogP contribution in [-0.2, 0) is 4.79 Å². The molecule has 5 heteroatoms. The van der Waals surface area contributed by atoms with E-state index in [-0.39, 0.29) is 23.6 Å². The summed E-state index contributed by atoms with van der Waals surface area (Å²) in [6.45, 7) is 1.59. The highest BCUT2D eigenvalue weighted by atomic mass is 19.1. The lowest BCUT2D eigenvalue weighted by Gasteiger charge is -2.07. The molecule has 0 aliphatic heterocycles. The molecule has 17 heavy (non-hydrogen) atoms. The van der Waals surface area contributed by atoms with Crippen LogP contribution in [0.4, 0.5) is 10.1 Å². The molecule has 1 unspecified atom stereocenters. The zero-order valence-electron chi connectivity index (χ0n) is 9.40. The van der Waals surface area contributed by atoms with Crippen LogP contribution < -0.4 is 5.32 Å². The quantitative estimate of drug-likeness (QED) is 0.837. The van der Waals surface area contributed by atoms with Gasteiger partial charge in [-0.3, -0.25) is 4.79 Å². The predicted molar refractivity (Wildman–Crippen MR) is 60.7 cm³/mol. The molecule has 0 fully saturated rings.